The fourth-order valence-corrected chi connectivity index (χ4v) is 1.44. The normalized spacial score (nSPS) is 10.6. The van der Waals surface area contributed by atoms with Crippen molar-refractivity contribution in [3.63, 3.8) is 0 Å². The summed E-state index contributed by atoms with van der Waals surface area (Å²) < 4.78 is 26.4. The third-order valence-corrected chi connectivity index (χ3v) is 2.38. The summed E-state index contributed by atoms with van der Waals surface area (Å²) in [5, 5.41) is 5.99. The second kappa shape index (κ2) is 3.58. The first-order valence-electron chi connectivity index (χ1n) is 3.90. The van der Waals surface area contributed by atoms with Gasteiger partial charge in [-0.1, -0.05) is 0 Å². The quantitative estimate of drug-likeness (QED) is 0.783. The van der Waals surface area contributed by atoms with E-state index in [4.69, 9.17) is 5.73 Å². The Labute approximate surface area is 91.6 Å². The Bertz CT molecular complexity index is 511. The summed E-state index contributed by atoms with van der Waals surface area (Å²) >= 11 is 2.95. The first-order chi connectivity index (χ1) is 7.08. The molecule has 0 atom stereocenters. The highest BCUT2D eigenvalue weighted by molar-refractivity contribution is 9.10. The number of anilines is 1. The summed E-state index contributed by atoms with van der Waals surface area (Å²) in [6.45, 7) is 0. The lowest BCUT2D eigenvalue weighted by Crippen LogP contribution is -1.90. The van der Waals surface area contributed by atoms with Gasteiger partial charge in [-0.2, -0.15) is 4.98 Å². The lowest BCUT2D eigenvalue weighted by molar-refractivity contribution is 0.580. The Morgan fingerprint density at radius 3 is 2.60 bits per heavy atom. The van der Waals surface area contributed by atoms with Crippen LogP contribution < -0.4 is 5.73 Å². The minimum Gasteiger partial charge on any atom is -0.366 e. The maximum Gasteiger partial charge on any atom is 0.239 e. The summed E-state index contributed by atoms with van der Waals surface area (Å²) in [5.41, 5.74) is 5.38. The minimum atomic E-state index is -0.730. The molecule has 0 bridgehead atoms. The van der Waals surface area contributed by atoms with Gasteiger partial charge in [0.25, 0.3) is 0 Å². The van der Waals surface area contributed by atoms with Crippen LogP contribution in [0.4, 0.5) is 14.7 Å². The first-order valence-corrected chi connectivity index (χ1v) is 4.70. The molecule has 0 spiro atoms. The predicted octanol–water partition coefficient (Wildman–Crippen LogP) is 2.09. The number of hydrogen-bond donors (Lipinski definition) is 2. The number of aromatic nitrogens is 3. The molecule has 0 fully saturated rings. The summed E-state index contributed by atoms with van der Waals surface area (Å²) in [4.78, 5) is 3.74. The van der Waals surface area contributed by atoms with E-state index >= 15 is 0 Å². The second-order valence-corrected chi connectivity index (χ2v) is 3.64. The third-order valence-electron chi connectivity index (χ3n) is 1.77. The Morgan fingerprint density at radius 1 is 1.27 bits per heavy atom. The molecule has 1 aromatic carbocycles. The molecule has 1 heterocycles. The van der Waals surface area contributed by atoms with Crippen LogP contribution in [0.25, 0.3) is 11.4 Å². The molecule has 0 saturated carbocycles. The van der Waals surface area contributed by atoms with Crippen molar-refractivity contribution >= 4 is 21.9 Å². The number of rotatable bonds is 1. The van der Waals surface area contributed by atoms with E-state index in [0.717, 1.165) is 6.07 Å². The zero-order chi connectivity index (χ0) is 11.0. The van der Waals surface area contributed by atoms with Crippen molar-refractivity contribution in [2.45, 2.75) is 0 Å². The van der Waals surface area contributed by atoms with E-state index in [1.165, 1.54) is 6.07 Å². The average molecular weight is 275 g/mol. The average Bonchev–Trinajstić information content (AvgIpc) is 2.58. The van der Waals surface area contributed by atoms with Gasteiger partial charge < -0.3 is 5.73 Å². The zero-order valence-corrected chi connectivity index (χ0v) is 8.85. The zero-order valence-electron chi connectivity index (χ0n) is 7.26. The van der Waals surface area contributed by atoms with Gasteiger partial charge in [0.1, 0.15) is 11.6 Å². The molecule has 0 aliphatic heterocycles. The third kappa shape index (κ3) is 1.82. The van der Waals surface area contributed by atoms with E-state index in [9.17, 15) is 8.78 Å². The molecule has 0 radical (unpaired) electrons. The van der Waals surface area contributed by atoms with E-state index in [1.54, 1.807) is 0 Å². The predicted molar refractivity (Wildman–Crippen MR) is 53.8 cm³/mol. The van der Waals surface area contributed by atoms with Crippen molar-refractivity contribution in [3.8, 4) is 11.4 Å². The number of nitrogens with two attached hydrogens (primary N) is 1. The number of hydrogen-bond acceptors (Lipinski definition) is 3. The number of nitrogen functional groups attached to an aromatic ring is 1. The maximum absolute atomic E-state index is 13.3. The molecule has 2 rings (SSSR count). The van der Waals surface area contributed by atoms with Gasteiger partial charge in [0, 0.05) is 6.07 Å². The van der Waals surface area contributed by atoms with Crippen LogP contribution in [0.2, 0.25) is 0 Å². The molecule has 0 aliphatic carbocycles. The number of halogens is 3. The van der Waals surface area contributed by atoms with Crippen molar-refractivity contribution in [2.75, 3.05) is 5.73 Å². The molecule has 1 aromatic heterocycles. The highest BCUT2D eigenvalue weighted by Gasteiger charge is 2.12. The molecule has 0 saturated heterocycles. The van der Waals surface area contributed by atoms with Gasteiger partial charge in [0.2, 0.25) is 5.95 Å². The van der Waals surface area contributed by atoms with Crippen molar-refractivity contribution in [1.82, 2.24) is 15.2 Å². The van der Waals surface area contributed by atoms with Crippen LogP contribution in [-0.2, 0) is 0 Å². The Balaban J connectivity index is 2.58. The maximum atomic E-state index is 13.3. The van der Waals surface area contributed by atoms with Crippen LogP contribution in [-0.4, -0.2) is 15.2 Å². The fraction of sp³-hybridized carbons (Fsp3) is 0. The van der Waals surface area contributed by atoms with Crippen LogP contribution in [0.1, 0.15) is 0 Å². The fourth-order valence-electron chi connectivity index (χ4n) is 1.10. The highest BCUT2D eigenvalue weighted by Crippen LogP contribution is 2.26. The lowest BCUT2D eigenvalue weighted by atomic mass is 10.2. The number of benzene rings is 1. The minimum absolute atomic E-state index is 0.00449. The van der Waals surface area contributed by atoms with Gasteiger partial charge >= 0.3 is 0 Å². The van der Waals surface area contributed by atoms with Gasteiger partial charge in [-0.25, -0.2) is 8.78 Å². The molecule has 2 aromatic rings. The molecule has 3 N–H and O–H groups in total. The lowest BCUT2D eigenvalue weighted by Gasteiger charge is -2.00. The van der Waals surface area contributed by atoms with Gasteiger partial charge in [-0.05, 0) is 22.0 Å². The summed E-state index contributed by atoms with van der Waals surface area (Å²) in [5.74, 6) is -1.24. The van der Waals surface area contributed by atoms with Crippen LogP contribution in [0.3, 0.4) is 0 Å². The van der Waals surface area contributed by atoms with Crippen molar-refractivity contribution in [2.24, 2.45) is 0 Å². The number of H-pyrrole nitrogens is 1. The van der Waals surface area contributed by atoms with Crippen LogP contribution in [0.15, 0.2) is 16.6 Å². The second-order valence-electron chi connectivity index (χ2n) is 2.79. The molecule has 0 aliphatic rings. The topological polar surface area (TPSA) is 67.6 Å². The summed E-state index contributed by atoms with van der Waals surface area (Å²) in [6.07, 6.45) is 0. The van der Waals surface area contributed by atoms with Gasteiger partial charge in [0.15, 0.2) is 5.82 Å². The Morgan fingerprint density at radius 2 is 2.00 bits per heavy atom. The van der Waals surface area contributed by atoms with Crippen molar-refractivity contribution in [3.05, 3.63) is 28.2 Å². The van der Waals surface area contributed by atoms with E-state index in [1.807, 2.05) is 0 Å². The van der Waals surface area contributed by atoms with Crippen LogP contribution >= 0.6 is 15.9 Å². The standard InChI is InChI=1S/C8H5BrF2N4/c9-4-1-3(5(10)2-6(4)11)7-13-8(12)15-14-7/h1-2H,(H3,12,13,14,15). The van der Waals surface area contributed by atoms with Crippen LogP contribution in [0.5, 0.6) is 0 Å². The van der Waals surface area contributed by atoms with Gasteiger partial charge in [-0.3, -0.25) is 5.10 Å². The Kier molecular flexibility index (Phi) is 2.39. The van der Waals surface area contributed by atoms with E-state index < -0.39 is 11.6 Å². The largest absolute Gasteiger partial charge is 0.366 e. The molecule has 78 valence electrons. The summed E-state index contributed by atoms with van der Waals surface area (Å²) in [6, 6.07) is 2.03. The van der Waals surface area contributed by atoms with E-state index in [0.29, 0.717) is 0 Å². The number of nitrogens with one attached hydrogen (secondary N) is 1. The molecule has 0 unspecified atom stereocenters. The van der Waals surface area contributed by atoms with Crippen molar-refractivity contribution in [1.29, 1.82) is 0 Å². The molecule has 15 heavy (non-hydrogen) atoms. The number of aromatic amines is 1. The highest BCUT2D eigenvalue weighted by atomic mass is 79.9. The molecule has 7 heteroatoms. The SMILES string of the molecule is Nc1n[nH]c(-c2cc(Br)c(F)cc2F)n1. The van der Waals surface area contributed by atoms with Crippen LogP contribution in [0, 0.1) is 11.6 Å². The smallest absolute Gasteiger partial charge is 0.239 e. The molecular formula is C8H5BrF2N4. The monoisotopic (exact) mass is 274 g/mol. The summed E-state index contributed by atoms with van der Waals surface area (Å²) in [7, 11) is 0. The molecular weight excluding hydrogens is 270 g/mol. The van der Waals surface area contributed by atoms with Gasteiger partial charge in [0.05, 0.1) is 10.0 Å². The van der Waals surface area contributed by atoms with Gasteiger partial charge in [-0.15, -0.1) is 5.10 Å². The molecule has 4 nitrogen and oxygen atoms in total. The van der Waals surface area contributed by atoms with Crippen molar-refractivity contribution < 1.29 is 8.78 Å². The van der Waals surface area contributed by atoms with E-state index in [-0.39, 0.29) is 21.8 Å². The Hall–Kier alpha value is -1.50. The molecule has 0 amide bonds. The number of nitrogens with zero attached hydrogens (tertiary/aromatic N) is 2. The first kappa shape index (κ1) is 10.0. The van der Waals surface area contributed by atoms with E-state index in [2.05, 4.69) is 31.1 Å².